The van der Waals surface area contributed by atoms with Crippen molar-refractivity contribution in [2.24, 2.45) is 5.73 Å². The van der Waals surface area contributed by atoms with Crippen molar-refractivity contribution in [3.63, 3.8) is 0 Å². The lowest BCUT2D eigenvalue weighted by molar-refractivity contribution is 0.102. The molecule has 0 saturated heterocycles. The van der Waals surface area contributed by atoms with E-state index in [1.165, 1.54) is 4.90 Å². The maximum absolute atomic E-state index is 10.6. The Morgan fingerprint density at radius 2 is 1.92 bits per heavy atom. The van der Waals surface area contributed by atoms with Gasteiger partial charge in [-0.2, -0.15) is 0 Å². The molecule has 0 aromatic carbocycles. The van der Waals surface area contributed by atoms with E-state index in [1.54, 1.807) is 0 Å². The van der Waals surface area contributed by atoms with Crippen molar-refractivity contribution in [1.29, 1.82) is 0 Å². The second-order valence-electron chi connectivity index (χ2n) is 3.39. The highest BCUT2D eigenvalue weighted by atomic mass is 35.5. The number of nitrogens with two attached hydrogens (primary N) is 1. The summed E-state index contributed by atoms with van der Waals surface area (Å²) in [4.78, 5) is 11.9. The van der Waals surface area contributed by atoms with Gasteiger partial charge in [0.2, 0.25) is 0 Å². The predicted octanol–water partition coefficient (Wildman–Crippen LogP) is 1.15. The third kappa shape index (κ3) is 4.41. The van der Waals surface area contributed by atoms with Gasteiger partial charge in [-0.25, -0.2) is 4.79 Å². The molecule has 0 aliphatic carbocycles. The first-order valence-electron chi connectivity index (χ1n) is 3.60. The van der Waals surface area contributed by atoms with Crippen LogP contribution >= 0.6 is 12.4 Å². The molecule has 0 aromatic heterocycles. The Kier molecular flexibility index (Phi) is 6.11. The second-order valence-corrected chi connectivity index (χ2v) is 3.39. The standard InChI is InChI=1S/C7H16N2O2.ClH/c1-7(2,3)9(5-4-8)6(10)11;/h4-5,8H2,1-3H3,(H,10,11);1H. The summed E-state index contributed by atoms with van der Waals surface area (Å²) in [7, 11) is 0. The molecule has 0 radical (unpaired) electrons. The predicted molar refractivity (Wildman–Crippen MR) is 50.8 cm³/mol. The van der Waals surface area contributed by atoms with Gasteiger partial charge in [0.05, 0.1) is 0 Å². The summed E-state index contributed by atoms with van der Waals surface area (Å²) < 4.78 is 0. The minimum atomic E-state index is -0.914. The van der Waals surface area contributed by atoms with Crippen molar-refractivity contribution in [2.45, 2.75) is 26.3 Å². The Hall–Kier alpha value is -0.480. The molecule has 12 heavy (non-hydrogen) atoms. The number of carboxylic acid groups (broad SMARTS) is 1. The number of nitrogens with zero attached hydrogens (tertiary/aromatic N) is 1. The average Bonchev–Trinajstić information content (AvgIpc) is 1.79. The molecule has 0 unspecified atom stereocenters. The molecule has 0 atom stereocenters. The fourth-order valence-electron chi connectivity index (χ4n) is 0.847. The maximum Gasteiger partial charge on any atom is 0.407 e. The molecule has 4 nitrogen and oxygen atoms in total. The van der Waals surface area contributed by atoms with E-state index in [0.717, 1.165) is 0 Å². The Morgan fingerprint density at radius 1 is 1.50 bits per heavy atom. The summed E-state index contributed by atoms with van der Waals surface area (Å²) in [5.74, 6) is 0. The van der Waals surface area contributed by atoms with E-state index in [-0.39, 0.29) is 17.9 Å². The van der Waals surface area contributed by atoms with Crippen LogP contribution in [0.4, 0.5) is 4.79 Å². The first-order chi connectivity index (χ1) is 4.89. The van der Waals surface area contributed by atoms with Crippen molar-refractivity contribution < 1.29 is 9.90 Å². The molecule has 0 heterocycles. The number of hydrogen-bond donors (Lipinski definition) is 2. The molecule has 0 fully saturated rings. The van der Waals surface area contributed by atoms with Gasteiger partial charge in [-0.3, -0.25) is 0 Å². The first kappa shape index (κ1) is 14.1. The molecule has 0 bridgehead atoms. The maximum atomic E-state index is 10.6. The monoisotopic (exact) mass is 196 g/mol. The van der Waals surface area contributed by atoms with Crippen molar-refractivity contribution in [1.82, 2.24) is 4.90 Å². The molecule has 0 spiro atoms. The molecule has 0 aromatic rings. The summed E-state index contributed by atoms with van der Waals surface area (Å²) in [6.45, 7) is 6.28. The molecule has 0 aliphatic rings. The zero-order valence-corrected chi connectivity index (χ0v) is 8.52. The van der Waals surface area contributed by atoms with E-state index < -0.39 is 6.09 Å². The lowest BCUT2D eigenvalue weighted by atomic mass is 10.1. The Labute approximate surface area is 79.1 Å². The van der Waals surface area contributed by atoms with Crippen LogP contribution in [0.5, 0.6) is 0 Å². The zero-order chi connectivity index (χ0) is 9.07. The third-order valence-corrected chi connectivity index (χ3v) is 1.39. The summed E-state index contributed by atoms with van der Waals surface area (Å²) in [5.41, 5.74) is 4.90. The highest BCUT2D eigenvalue weighted by Crippen LogP contribution is 2.11. The number of halogens is 1. The van der Waals surface area contributed by atoms with Crippen LogP contribution in [-0.2, 0) is 0 Å². The van der Waals surface area contributed by atoms with Gasteiger partial charge in [0.1, 0.15) is 0 Å². The number of rotatable bonds is 2. The van der Waals surface area contributed by atoms with Crippen LogP contribution < -0.4 is 5.73 Å². The minimum Gasteiger partial charge on any atom is -0.465 e. The quantitative estimate of drug-likeness (QED) is 0.696. The van der Waals surface area contributed by atoms with Crippen molar-refractivity contribution in [3.8, 4) is 0 Å². The van der Waals surface area contributed by atoms with E-state index in [4.69, 9.17) is 10.8 Å². The summed E-state index contributed by atoms with van der Waals surface area (Å²) in [6.07, 6.45) is -0.914. The molecule has 0 saturated carbocycles. The van der Waals surface area contributed by atoms with Crippen LogP contribution in [-0.4, -0.2) is 34.7 Å². The van der Waals surface area contributed by atoms with Crippen LogP contribution in [0.15, 0.2) is 0 Å². The largest absolute Gasteiger partial charge is 0.465 e. The van der Waals surface area contributed by atoms with Gasteiger partial charge in [-0.1, -0.05) is 0 Å². The second kappa shape index (κ2) is 5.22. The summed E-state index contributed by atoms with van der Waals surface area (Å²) in [5, 5.41) is 8.71. The summed E-state index contributed by atoms with van der Waals surface area (Å²) >= 11 is 0. The molecule has 5 heteroatoms. The van der Waals surface area contributed by atoms with Crippen LogP contribution in [0.1, 0.15) is 20.8 Å². The third-order valence-electron chi connectivity index (χ3n) is 1.39. The smallest absolute Gasteiger partial charge is 0.407 e. The fourth-order valence-corrected chi connectivity index (χ4v) is 0.847. The molecule has 1 amide bonds. The zero-order valence-electron chi connectivity index (χ0n) is 7.70. The van der Waals surface area contributed by atoms with Gasteiger partial charge in [-0.05, 0) is 20.8 Å². The van der Waals surface area contributed by atoms with Gasteiger partial charge < -0.3 is 15.7 Å². The van der Waals surface area contributed by atoms with Gasteiger partial charge in [0.15, 0.2) is 0 Å². The van der Waals surface area contributed by atoms with Gasteiger partial charge in [0, 0.05) is 18.6 Å². The lowest BCUT2D eigenvalue weighted by Gasteiger charge is -2.32. The van der Waals surface area contributed by atoms with E-state index in [1.807, 2.05) is 20.8 Å². The van der Waals surface area contributed by atoms with Crippen LogP contribution in [0.25, 0.3) is 0 Å². The first-order valence-corrected chi connectivity index (χ1v) is 3.60. The number of carbonyl (C=O) groups is 1. The van der Waals surface area contributed by atoms with Crippen molar-refractivity contribution in [3.05, 3.63) is 0 Å². The van der Waals surface area contributed by atoms with Gasteiger partial charge in [-0.15, -0.1) is 12.4 Å². The molecular weight excluding hydrogens is 180 g/mol. The number of hydrogen-bond acceptors (Lipinski definition) is 2. The topological polar surface area (TPSA) is 66.6 Å². The highest BCUT2D eigenvalue weighted by molar-refractivity contribution is 5.85. The van der Waals surface area contributed by atoms with Crippen molar-refractivity contribution >= 4 is 18.5 Å². The Morgan fingerprint density at radius 3 is 2.00 bits per heavy atom. The fraction of sp³-hybridized carbons (Fsp3) is 0.857. The van der Waals surface area contributed by atoms with E-state index in [9.17, 15) is 4.79 Å². The van der Waals surface area contributed by atoms with Crippen LogP contribution in [0.3, 0.4) is 0 Å². The molecular formula is C7H17ClN2O2. The number of amides is 1. The molecule has 74 valence electrons. The Balaban J connectivity index is 0. The van der Waals surface area contributed by atoms with Crippen LogP contribution in [0.2, 0.25) is 0 Å². The molecule has 0 rings (SSSR count). The van der Waals surface area contributed by atoms with E-state index >= 15 is 0 Å². The van der Waals surface area contributed by atoms with Gasteiger partial charge in [0.25, 0.3) is 0 Å². The average molecular weight is 197 g/mol. The Bertz CT molecular complexity index is 145. The normalized spacial score (nSPS) is 10.3. The molecule has 3 N–H and O–H groups in total. The van der Waals surface area contributed by atoms with Crippen LogP contribution in [0, 0.1) is 0 Å². The summed E-state index contributed by atoms with van der Waals surface area (Å²) in [6, 6.07) is 0. The molecule has 0 aliphatic heterocycles. The lowest BCUT2D eigenvalue weighted by Crippen LogP contribution is -2.47. The minimum absolute atomic E-state index is 0. The highest BCUT2D eigenvalue weighted by Gasteiger charge is 2.24. The van der Waals surface area contributed by atoms with E-state index in [0.29, 0.717) is 13.1 Å². The van der Waals surface area contributed by atoms with E-state index in [2.05, 4.69) is 0 Å². The van der Waals surface area contributed by atoms with Crippen molar-refractivity contribution in [2.75, 3.05) is 13.1 Å². The SMILES string of the molecule is CC(C)(C)N(CCN)C(=O)O.Cl. The van der Waals surface area contributed by atoms with Gasteiger partial charge >= 0.3 is 6.09 Å².